The Labute approximate surface area is 265 Å². The van der Waals surface area contributed by atoms with Crippen molar-refractivity contribution in [3.8, 4) is 17.1 Å². The summed E-state index contributed by atoms with van der Waals surface area (Å²) in [5, 5.41) is 4.79. The number of benzene rings is 2. The number of nitrogens with zero attached hydrogens (tertiary/aromatic N) is 6. The largest absolute Gasteiger partial charge is 0.461 e. The SMILES string of the molecule is Cn1cc(Cc2nc(N)nc(-c3cccc(-n4ccc5cc(C6CC6)cc(F)c5c4=O)c3COC(=O)CC3CCCCC3)n2)cn1. The van der Waals surface area contributed by atoms with E-state index in [0.717, 1.165) is 49.7 Å². The van der Waals surface area contributed by atoms with Gasteiger partial charge in [0.25, 0.3) is 5.56 Å². The number of hydrogen-bond donors (Lipinski definition) is 1. The standard InChI is InChI=1S/C35H36FN7O3/c1-42-19-22(18-38-42)14-30-39-33(41-35(37)40-30)26-8-5-9-29(27(26)20-46-31(44)15-21-6-3-2-4-7-21)43-13-12-24-16-25(23-10-11-23)17-28(36)32(24)34(43)45/h5,8-9,12-13,16-19,21,23H,2-4,6-7,10-11,14-15,20H2,1H3,(H2,37,39,40,41). The molecule has 46 heavy (non-hydrogen) atoms. The van der Waals surface area contributed by atoms with Crippen LogP contribution in [0.4, 0.5) is 10.3 Å². The molecule has 0 radical (unpaired) electrons. The molecule has 2 aromatic carbocycles. The monoisotopic (exact) mass is 621 g/mol. The van der Waals surface area contributed by atoms with Gasteiger partial charge in [0.2, 0.25) is 5.95 Å². The molecule has 11 heteroatoms. The van der Waals surface area contributed by atoms with Crippen LogP contribution in [0.2, 0.25) is 0 Å². The molecule has 0 aliphatic heterocycles. The van der Waals surface area contributed by atoms with Gasteiger partial charge in [-0.3, -0.25) is 18.8 Å². The highest BCUT2D eigenvalue weighted by atomic mass is 19.1. The summed E-state index contributed by atoms with van der Waals surface area (Å²) in [6.07, 6.45) is 13.5. The number of rotatable bonds is 9. The fraction of sp³-hybridized carbons (Fsp3) is 0.371. The Morgan fingerprint density at radius 3 is 2.65 bits per heavy atom. The fourth-order valence-corrected chi connectivity index (χ4v) is 6.58. The Morgan fingerprint density at radius 1 is 1.07 bits per heavy atom. The number of aromatic nitrogens is 6. The van der Waals surface area contributed by atoms with Gasteiger partial charge in [-0.2, -0.15) is 15.1 Å². The molecule has 5 aromatic rings. The van der Waals surface area contributed by atoms with Crippen molar-refractivity contribution in [3.63, 3.8) is 0 Å². The number of nitrogens with two attached hydrogens (primary N) is 1. The second kappa shape index (κ2) is 12.5. The minimum absolute atomic E-state index is 0.0145. The molecule has 2 saturated carbocycles. The van der Waals surface area contributed by atoms with Gasteiger partial charge in [-0.05, 0) is 72.2 Å². The summed E-state index contributed by atoms with van der Waals surface area (Å²) in [6, 6.07) is 10.5. The zero-order valence-electron chi connectivity index (χ0n) is 25.8. The van der Waals surface area contributed by atoms with Gasteiger partial charge in [0.05, 0.1) is 17.3 Å². The van der Waals surface area contributed by atoms with Crippen LogP contribution in [-0.4, -0.2) is 35.3 Å². The van der Waals surface area contributed by atoms with E-state index in [0.29, 0.717) is 52.7 Å². The first kappa shape index (κ1) is 29.8. The topological polar surface area (TPSA) is 131 Å². The molecular weight excluding hydrogens is 585 g/mol. The molecule has 0 saturated heterocycles. The maximum Gasteiger partial charge on any atom is 0.306 e. The van der Waals surface area contributed by atoms with Crippen LogP contribution in [0.25, 0.3) is 27.8 Å². The van der Waals surface area contributed by atoms with E-state index in [1.54, 1.807) is 41.3 Å². The van der Waals surface area contributed by atoms with E-state index in [1.807, 2.05) is 19.3 Å². The van der Waals surface area contributed by atoms with Crippen LogP contribution < -0.4 is 11.3 Å². The average Bonchev–Trinajstić information content (AvgIpc) is 3.81. The number of ether oxygens (including phenoxy) is 1. The van der Waals surface area contributed by atoms with Gasteiger partial charge >= 0.3 is 5.97 Å². The van der Waals surface area contributed by atoms with Crippen LogP contribution in [0, 0.1) is 11.7 Å². The first-order valence-electron chi connectivity index (χ1n) is 15.9. The summed E-state index contributed by atoms with van der Waals surface area (Å²) in [7, 11) is 1.83. The van der Waals surface area contributed by atoms with Crippen molar-refractivity contribution in [2.45, 2.75) is 70.3 Å². The first-order valence-corrected chi connectivity index (χ1v) is 15.9. The van der Waals surface area contributed by atoms with E-state index in [2.05, 4.69) is 15.1 Å². The minimum atomic E-state index is -0.541. The van der Waals surface area contributed by atoms with Gasteiger partial charge in [-0.1, -0.05) is 37.5 Å². The van der Waals surface area contributed by atoms with Gasteiger partial charge < -0.3 is 10.5 Å². The van der Waals surface area contributed by atoms with Gasteiger partial charge in [-0.15, -0.1) is 0 Å². The Hall–Kier alpha value is -4.93. The summed E-state index contributed by atoms with van der Waals surface area (Å²) in [4.78, 5) is 40.4. The van der Waals surface area contributed by atoms with Crippen molar-refractivity contribution in [1.29, 1.82) is 0 Å². The molecule has 2 aliphatic carbocycles. The number of hydrogen-bond acceptors (Lipinski definition) is 8. The molecule has 2 aliphatic rings. The first-order chi connectivity index (χ1) is 22.3. The molecule has 0 atom stereocenters. The smallest absolute Gasteiger partial charge is 0.306 e. The molecule has 0 unspecified atom stereocenters. The summed E-state index contributed by atoms with van der Waals surface area (Å²) >= 11 is 0. The van der Waals surface area contributed by atoms with Gasteiger partial charge in [0.15, 0.2) is 5.82 Å². The lowest BCUT2D eigenvalue weighted by Crippen LogP contribution is -2.21. The number of esters is 1. The van der Waals surface area contributed by atoms with Crippen molar-refractivity contribution in [2.24, 2.45) is 13.0 Å². The number of carbonyl (C=O) groups is 1. The van der Waals surface area contributed by atoms with Crippen molar-refractivity contribution < 1.29 is 13.9 Å². The summed E-state index contributed by atoms with van der Waals surface area (Å²) in [5.41, 5.74) is 8.95. The molecule has 3 heterocycles. The van der Waals surface area contributed by atoms with Crippen molar-refractivity contribution in [3.05, 3.63) is 93.7 Å². The second-order valence-corrected chi connectivity index (χ2v) is 12.5. The van der Waals surface area contributed by atoms with Crippen molar-refractivity contribution in [2.75, 3.05) is 5.73 Å². The number of aryl methyl sites for hydroxylation is 1. The number of halogens is 1. The number of carbonyl (C=O) groups excluding carboxylic acids is 1. The number of nitrogen functional groups attached to an aromatic ring is 1. The summed E-state index contributed by atoms with van der Waals surface area (Å²) < 4.78 is 24.4. The Bertz CT molecular complexity index is 1990. The number of pyridine rings is 1. The highest BCUT2D eigenvalue weighted by Crippen LogP contribution is 2.41. The number of fused-ring (bicyclic) bond motifs is 1. The molecule has 10 nitrogen and oxygen atoms in total. The van der Waals surface area contributed by atoms with Crippen LogP contribution in [0.5, 0.6) is 0 Å². The predicted octanol–water partition coefficient (Wildman–Crippen LogP) is 5.78. The predicted molar refractivity (Wildman–Crippen MR) is 172 cm³/mol. The van der Waals surface area contributed by atoms with Crippen LogP contribution in [0.1, 0.15) is 79.8 Å². The highest BCUT2D eigenvalue weighted by Gasteiger charge is 2.26. The van der Waals surface area contributed by atoms with E-state index >= 15 is 4.39 Å². The zero-order valence-corrected chi connectivity index (χ0v) is 25.8. The van der Waals surface area contributed by atoms with Crippen LogP contribution in [0.3, 0.4) is 0 Å². The molecule has 7 rings (SSSR count). The molecule has 2 N–H and O–H groups in total. The van der Waals surface area contributed by atoms with Crippen LogP contribution >= 0.6 is 0 Å². The van der Waals surface area contributed by atoms with Gasteiger partial charge in [0, 0.05) is 43.4 Å². The zero-order chi connectivity index (χ0) is 31.8. The molecular formula is C35H36FN7O3. The highest BCUT2D eigenvalue weighted by molar-refractivity contribution is 5.83. The molecule has 0 spiro atoms. The normalized spacial score (nSPS) is 15.3. The summed E-state index contributed by atoms with van der Waals surface area (Å²) in [6.45, 7) is -0.131. The summed E-state index contributed by atoms with van der Waals surface area (Å²) in [5.74, 6) is 0.569. The van der Waals surface area contributed by atoms with Crippen LogP contribution in [-0.2, 0) is 29.6 Å². The molecule has 0 bridgehead atoms. The van der Waals surface area contributed by atoms with Crippen molar-refractivity contribution >= 4 is 22.7 Å². The molecule has 236 valence electrons. The number of anilines is 1. The quantitative estimate of drug-likeness (QED) is 0.205. The third-order valence-corrected chi connectivity index (χ3v) is 9.06. The maximum absolute atomic E-state index is 15.5. The fourth-order valence-electron chi connectivity index (χ4n) is 6.58. The van der Waals surface area contributed by atoms with Crippen LogP contribution in [0.15, 0.2) is 59.8 Å². The lowest BCUT2D eigenvalue weighted by molar-refractivity contribution is -0.146. The average molecular weight is 622 g/mol. The Kier molecular flexibility index (Phi) is 8.06. The molecule has 2 fully saturated rings. The molecule has 0 amide bonds. The minimum Gasteiger partial charge on any atom is -0.461 e. The van der Waals surface area contributed by atoms with Gasteiger partial charge in [-0.25, -0.2) is 9.37 Å². The lowest BCUT2D eigenvalue weighted by Gasteiger charge is -2.21. The Balaban J connectivity index is 1.30. The maximum atomic E-state index is 15.5. The van der Waals surface area contributed by atoms with E-state index in [4.69, 9.17) is 15.5 Å². The van der Waals surface area contributed by atoms with E-state index in [-0.39, 0.29) is 29.7 Å². The van der Waals surface area contributed by atoms with E-state index in [9.17, 15) is 9.59 Å². The van der Waals surface area contributed by atoms with Gasteiger partial charge in [0.1, 0.15) is 18.2 Å². The molecule has 3 aromatic heterocycles. The Morgan fingerprint density at radius 2 is 1.89 bits per heavy atom. The second-order valence-electron chi connectivity index (χ2n) is 12.5. The van der Waals surface area contributed by atoms with E-state index in [1.165, 1.54) is 17.1 Å². The van der Waals surface area contributed by atoms with Crippen molar-refractivity contribution in [1.82, 2.24) is 29.3 Å². The third kappa shape index (κ3) is 6.27. The third-order valence-electron chi connectivity index (χ3n) is 9.06. The lowest BCUT2D eigenvalue weighted by atomic mass is 9.87. The van der Waals surface area contributed by atoms with E-state index < -0.39 is 11.4 Å².